The number of methoxy groups -OCH3 is 1. The fourth-order valence-electron chi connectivity index (χ4n) is 0.340. The first-order valence-electron chi connectivity index (χ1n) is 3.32. The molecule has 0 radical (unpaired) electrons. The molecule has 0 aromatic rings. The molecular formula is C6H13NO4. The van der Waals surface area contributed by atoms with Crippen molar-refractivity contribution in [3.63, 3.8) is 0 Å². The van der Waals surface area contributed by atoms with E-state index >= 15 is 0 Å². The van der Waals surface area contributed by atoms with Crippen molar-refractivity contribution in [2.45, 2.75) is 20.1 Å². The summed E-state index contributed by atoms with van der Waals surface area (Å²) in [6.07, 6.45) is -1.09. The Morgan fingerprint density at radius 2 is 2.27 bits per heavy atom. The molecule has 0 heterocycles. The average Bonchev–Trinajstić information content (AvgIpc) is 2.01. The third kappa shape index (κ3) is 5.63. The second-order valence-electron chi connectivity index (χ2n) is 1.74. The van der Waals surface area contributed by atoms with Crippen molar-refractivity contribution in [1.29, 1.82) is 0 Å². The molecule has 5 heteroatoms. The summed E-state index contributed by atoms with van der Waals surface area (Å²) in [5, 5.41) is 0. The van der Waals surface area contributed by atoms with E-state index in [-0.39, 0.29) is 0 Å². The molecule has 0 aliphatic carbocycles. The van der Waals surface area contributed by atoms with Gasteiger partial charge in [0.1, 0.15) is 0 Å². The number of rotatable bonds is 4. The van der Waals surface area contributed by atoms with Gasteiger partial charge >= 0.3 is 6.09 Å². The van der Waals surface area contributed by atoms with E-state index in [0.29, 0.717) is 6.61 Å². The zero-order chi connectivity index (χ0) is 8.69. The van der Waals surface area contributed by atoms with E-state index in [2.05, 4.69) is 14.3 Å². The lowest BCUT2D eigenvalue weighted by Crippen LogP contribution is -2.29. The van der Waals surface area contributed by atoms with Crippen molar-refractivity contribution in [3.05, 3.63) is 0 Å². The quantitative estimate of drug-likeness (QED) is 0.488. The van der Waals surface area contributed by atoms with E-state index in [9.17, 15) is 4.79 Å². The van der Waals surface area contributed by atoms with Crippen LogP contribution in [0.3, 0.4) is 0 Å². The van der Waals surface area contributed by atoms with Gasteiger partial charge in [0, 0.05) is 7.11 Å². The molecule has 66 valence electrons. The Hall–Kier alpha value is -0.810. The molecule has 0 saturated heterocycles. The van der Waals surface area contributed by atoms with Crippen molar-refractivity contribution in [1.82, 2.24) is 5.48 Å². The van der Waals surface area contributed by atoms with Crippen LogP contribution in [0.25, 0.3) is 0 Å². The van der Waals surface area contributed by atoms with Crippen LogP contribution in [0, 0.1) is 0 Å². The summed E-state index contributed by atoms with van der Waals surface area (Å²) < 4.78 is 9.19. The van der Waals surface area contributed by atoms with Crippen molar-refractivity contribution >= 4 is 6.09 Å². The Labute approximate surface area is 65.6 Å². The first-order chi connectivity index (χ1) is 5.20. The maximum Gasteiger partial charge on any atom is 0.431 e. The van der Waals surface area contributed by atoms with Gasteiger partial charge < -0.3 is 9.47 Å². The van der Waals surface area contributed by atoms with Crippen LogP contribution >= 0.6 is 0 Å². The van der Waals surface area contributed by atoms with Gasteiger partial charge in [0.25, 0.3) is 0 Å². The van der Waals surface area contributed by atoms with Gasteiger partial charge in [0.05, 0.1) is 6.61 Å². The minimum atomic E-state index is -0.614. The zero-order valence-corrected chi connectivity index (χ0v) is 6.92. The molecule has 0 aliphatic rings. The molecule has 1 atom stereocenters. The third-order valence-electron chi connectivity index (χ3n) is 0.916. The van der Waals surface area contributed by atoms with E-state index in [1.807, 2.05) is 5.48 Å². The maximum atomic E-state index is 10.5. The third-order valence-corrected chi connectivity index (χ3v) is 0.916. The lowest BCUT2D eigenvalue weighted by molar-refractivity contribution is -0.146. The summed E-state index contributed by atoms with van der Waals surface area (Å²) in [6, 6.07) is 0. The van der Waals surface area contributed by atoms with E-state index < -0.39 is 12.4 Å². The molecular weight excluding hydrogens is 150 g/mol. The number of hydrogen-bond acceptors (Lipinski definition) is 4. The standard InChI is InChI=1S/C6H13NO4/c1-4-10-6(8)7-11-5(2)9-3/h5H,4H2,1-3H3,(H,7,8). The normalized spacial score (nSPS) is 12.3. The summed E-state index contributed by atoms with van der Waals surface area (Å²) in [7, 11) is 1.47. The van der Waals surface area contributed by atoms with Crippen molar-refractivity contribution in [2.75, 3.05) is 13.7 Å². The maximum absolute atomic E-state index is 10.5. The van der Waals surface area contributed by atoms with Crippen LogP contribution in [0.2, 0.25) is 0 Å². The number of nitrogens with one attached hydrogen (secondary N) is 1. The largest absolute Gasteiger partial charge is 0.448 e. The lowest BCUT2D eigenvalue weighted by atomic mass is 10.8. The van der Waals surface area contributed by atoms with Crippen molar-refractivity contribution < 1.29 is 19.1 Å². The van der Waals surface area contributed by atoms with Gasteiger partial charge in [-0.15, -0.1) is 0 Å². The summed E-state index contributed by atoms with van der Waals surface area (Å²) in [5.41, 5.74) is 2.05. The smallest absolute Gasteiger partial charge is 0.431 e. The highest BCUT2D eigenvalue weighted by Gasteiger charge is 2.03. The molecule has 0 spiro atoms. The minimum Gasteiger partial charge on any atom is -0.448 e. The van der Waals surface area contributed by atoms with Gasteiger partial charge in [-0.2, -0.15) is 5.48 Å². The molecule has 0 fully saturated rings. The number of hydroxylamine groups is 1. The van der Waals surface area contributed by atoms with Gasteiger partial charge in [-0.25, -0.2) is 9.63 Å². The Morgan fingerprint density at radius 3 is 2.73 bits per heavy atom. The Kier molecular flexibility index (Phi) is 5.50. The highest BCUT2D eigenvalue weighted by Crippen LogP contribution is 1.86. The highest BCUT2D eigenvalue weighted by atomic mass is 16.8. The lowest BCUT2D eigenvalue weighted by Gasteiger charge is -2.10. The molecule has 1 amide bonds. The molecule has 0 bridgehead atoms. The van der Waals surface area contributed by atoms with Crippen molar-refractivity contribution in [3.8, 4) is 0 Å². The second-order valence-corrected chi connectivity index (χ2v) is 1.74. The van der Waals surface area contributed by atoms with Gasteiger partial charge in [-0.3, -0.25) is 0 Å². The van der Waals surface area contributed by atoms with Gasteiger partial charge in [-0.1, -0.05) is 0 Å². The van der Waals surface area contributed by atoms with Crippen LogP contribution in [0.5, 0.6) is 0 Å². The fourth-order valence-corrected chi connectivity index (χ4v) is 0.340. The van der Waals surface area contributed by atoms with Gasteiger partial charge in [0.15, 0.2) is 6.29 Å². The summed E-state index contributed by atoms with van der Waals surface area (Å²) >= 11 is 0. The number of amides is 1. The molecule has 0 aliphatic heterocycles. The van der Waals surface area contributed by atoms with E-state index in [4.69, 9.17) is 0 Å². The number of carbonyl (C=O) groups excluding carboxylic acids is 1. The van der Waals surface area contributed by atoms with Crippen LogP contribution in [0.1, 0.15) is 13.8 Å². The molecule has 11 heavy (non-hydrogen) atoms. The molecule has 1 N–H and O–H groups in total. The van der Waals surface area contributed by atoms with Crippen LogP contribution < -0.4 is 5.48 Å². The predicted molar refractivity (Wildman–Crippen MR) is 37.7 cm³/mol. The predicted octanol–water partition coefficient (Wildman–Crippen LogP) is 0.657. The van der Waals surface area contributed by atoms with Crippen molar-refractivity contribution in [2.24, 2.45) is 0 Å². The average molecular weight is 163 g/mol. The summed E-state index contributed by atoms with van der Waals surface area (Å²) in [6.45, 7) is 3.67. The molecule has 0 rings (SSSR count). The molecule has 0 aromatic heterocycles. The summed E-state index contributed by atoms with van der Waals surface area (Å²) in [4.78, 5) is 15.2. The Morgan fingerprint density at radius 1 is 1.64 bits per heavy atom. The second kappa shape index (κ2) is 5.94. The topological polar surface area (TPSA) is 56.8 Å². The SMILES string of the molecule is CCOC(=O)NOC(C)OC. The van der Waals surface area contributed by atoms with Gasteiger partial charge in [0.2, 0.25) is 0 Å². The highest BCUT2D eigenvalue weighted by molar-refractivity contribution is 5.65. The Bertz CT molecular complexity index is 117. The first-order valence-corrected chi connectivity index (χ1v) is 3.32. The first kappa shape index (κ1) is 10.2. The monoisotopic (exact) mass is 163 g/mol. The molecule has 0 saturated carbocycles. The number of ether oxygens (including phenoxy) is 2. The number of carbonyl (C=O) groups is 1. The van der Waals surface area contributed by atoms with Gasteiger partial charge in [-0.05, 0) is 13.8 Å². The minimum absolute atomic E-state index is 0.316. The zero-order valence-electron chi connectivity index (χ0n) is 6.92. The van der Waals surface area contributed by atoms with Crippen LogP contribution in [0.15, 0.2) is 0 Å². The summed E-state index contributed by atoms with van der Waals surface area (Å²) in [5.74, 6) is 0. The van der Waals surface area contributed by atoms with E-state index in [0.717, 1.165) is 0 Å². The van der Waals surface area contributed by atoms with Crippen LogP contribution in [-0.4, -0.2) is 26.1 Å². The van der Waals surface area contributed by atoms with E-state index in [1.54, 1.807) is 13.8 Å². The van der Waals surface area contributed by atoms with E-state index in [1.165, 1.54) is 7.11 Å². The molecule has 5 nitrogen and oxygen atoms in total. The molecule has 1 unspecified atom stereocenters. The van der Waals surface area contributed by atoms with Crippen LogP contribution in [-0.2, 0) is 14.3 Å². The number of hydrogen-bond donors (Lipinski definition) is 1. The molecule has 0 aromatic carbocycles. The Balaban J connectivity index is 3.30. The fraction of sp³-hybridized carbons (Fsp3) is 0.833. The van der Waals surface area contributed by atoms with Crippen LogP contribution in [0.4, 0.5) is 4.79 Å².